The lowest BCUT2D eigenvalue weighted by atomic mass is 9.86. The van der Waals surface area contributed by atoms with Crippen LogP contribution in [0, 0.1) is 6.92 Å². The van der Waals surface area contributed by atoms with Gasteiger partial charge in [-0.05, 0) is 77.6 Å². The Balaban J connectivity index is 1.53. The summed E-state index contributed by atoms with van der Waals surface area (Å²) in [7, 11) is 1.66. The second kappa shape index (κ2) is 10.7. The first kappa shape index (κ1) is 25.1. The molecule has 4 nitrogen and oxygen atoms in total. The van der Waals surface area contributed by atoms with E-state index in [1.807, 2.05) is 77.6 Å². The van der Waals surface area contributed by atoms with Crippen LogP contribution in [-0.2, 0) is 12.0 Å². The number of carbonyl (C=O) groups is 1. The second-order valence-corrected chi connectivity index (χ2v) is 9.95. The van der Waals surface area contributed by atoms with Gasteiger partial charge in [0.15, 0.2) is 5.78 Å². The van der Waals surface area contributed by atoms with E-state index in [4.69, 9.17) is 9.47 Å². The van der Waals surface area contributed by atoms with Gasteiger partial charge in [0.2, 0.25) is 0 Å². The van der Waals surface area contributed by atoms with E-state index in [-0.39, 0.29) is 11.2 Å². The number of carbonyl (C=O) groups excluding carboxylic acids is 1. The number of ether oxygens (including phenoxy) is 2. The van der Waals surface area contributed by atoms with Crippen molar-refractivity contribution < 1.29 is 14.3 Å². The molecule has 0 saturated heterocycles. The SMILES string of the molecule is COc1ccc(/C=C/C(=O)c2cccc(-n3cccc3)c2)cc1COc1cc(C)ccc1C(C)(C)C. The highest BCUT2D eigenvalue weighted by molar-refractivity contribution is 6.07. The second-order valence-electron chi connectivity index (χ2n) is 9.95. The lowest BCUT2D eigenvalue weighted by Crippen LogP contribution is -2.13. The van der Waals surface area contributed by atoms with Crippen molar-refractivity contribution >= 4 is 11.9 Å². The number of aryl methyl sites for hydroxylation is 1. The van der Waals surface area contributed by atoms with Crippen LogP contribution < -0.4 is 9.47 Å². The Morgan fingerprint density at radius 2 is 1.69 bits per heavy atom. The molecule has 184 valence electrons. The van der Waals surface area contributed by atoms with Crippen LogP contribution in [-0.4, -0.2) is 17.5 Å². The lowest BCUT2D eigenvalue weighted by Gasteiger charge is -2.23. The van der Waals surface area contributed by atoms with E-state index in [1.165, 1.54) is 0 Å². The molecule has 0 amide bonds. The number of allylic oxidation sites excluding steroid dienone is 1. The topological polar surface area (TPSA) is 40.5 Å². The van der Waals surface area contributed by atoms with Crippen molar-refractivity contribution in [2.24, 2.45) is 0 Å². The van der Waals surface area contributed by atoms with Crippen molar-refractivity contribution in [3.63, 3.8) is 0 Å². The minimum Gasteiger partial charge on any atom is -0.496 e. The van der Waals surface area contributed by atoms with Gasteiger partial charge >= 0.3 is 0 Å². The number of ketones is 1. The first-order valence-electron chi connectivity index (χ1n) is 12.1. The van der Waals surface area contributed by atoms with Crippen LogP contribution in [0.3, 0.4) is 0 Å². The van der Waals surface area contributed by atoms with Gasteiger partial charge in [0.25, 0.3) is 0 Å². The molecule has 0 radical (unpaired) electrons. The third kappa shape index (κ3) is 5.95. The zero-order valence-corrected chi connectivity index (χ0v) is 21.6. The summed E-state index contributed by atoms with van der Waals surface area (Å²) in [6.45, 7) is 8.98. The monoisotopic (exact) mass is 479 g/mol. The molecule has 0 aliphatic heterocycles. The number of aromatic nitrogens is 1. The Hall–Kier alpha value is -4.05. The first-order chi connectivity index (χ1) is 17.2. The van der Waals surface area contributed by atoms with Gasteiger partial charge in [-0.15, -0.1) is 0 Å². The van der Waals surface area contributed by atoms with Gasteiger partial charge < -0.3 is 14.0 Å². The van der Waals surface area contributed by atoms with Crippen molar-refractivity contribution in [3.8, 4) is 17.2 Å². The Labute approximate surface area is 213 Å². The molecule has 4 aromatic rings. The van der Waals surface area contributed by atoms with Gasteiger partial charge in [-0.3, -0.25) is 4.79 Å². The van der Waals surface area contributed by atoms with Gasteiger partial charge in [0.1, 0.15) is 18.1 Å². The Kier molecular flexibility index (Phi) is 7.44. The maximum Gasteiger partial charge on any atom is 0.185 e. The Morgan fingerprint density at radius 1 is 0.917 bits per heavy atom. The van der Waals surface area contributed by atoms with Crippen LogP contribution in [0.4, 0.5) is 0 Å². The molecule has 0 saturated carbocycles. The fraction of sp³-hybridized carbons (Fsp3) is 0.219. The number of methoxy groups -OCH3 is 1. The van der Waals surface area contributed by atoms with Crippen molar-refractivity contribution in [2.45, 2.75) is 39.7 Å². The maximum absolute atomic E-state index is 12.9. The largest absolute Gasteiger partial charge is 0.496 e. The molecule has 0 aliphatic rings. The summed E-state index contributed by atoms with van der Waals surface area (Å²) in [5, 5.41) is 0. The van der Waals surface area contributed by atoms with E-state index in [9.17, 15) is 4.79 Å². The summed E-state index contributed by atoms with van der Waals surface area (Å²) in [5.41, 5.74) is 5.71. The van der Waals surface area contributed by atoms with Crippen LogP contribution in [0.15, 0.2) is 91.3 Å². The highest BCUT2D eigenvalue weighted by Gasteiger charge is 2.19. The van der Waals surface area contributed by atoms with Crippen LogP contribution >= 0.6 is 0 Å². The summed E-state index contributed by atoms with van der Waals surface area (Å²) < 4.78 is 13.9. The molecule has 1 aromatic heterocycles. The summed E-state index contributed by atoms with van der Waals surface area (Å²) >= 11 is 0. The average molecular weight is 480 g/mol. The van der Waals surface area contributed by atoms with E-state index in [0.717, 1.165) is 39.4 Å². The minimum atomic E-state index is -0.0489. The third-order valence-corrected chi connectivity index (χ3v) is 6.09. The van der Waals surface area contributed by atoms with Crippen LogP contribution in [0.5, 0.6) is 11.5 Å². The molecule has 4 rings (SSSR count). The summed E-state index contributed by atoms with van der Waals surface area (Å²) in [6.07, 6.45) is 7.36. The minimum absolute atomic E-state index is 0.0310. The van der Waals surface area contributed by atoms with Crippen molar-refractivity contribution in [1.82, 2.24) is 4.57 Å². The zero-order chi connectivity index (χ0) is 25.7. The normalized spacial score (nSPS) is 11.6. The number of benzene rings is 3. The number of rotatable bonds is 8. The number of hydrogen-bond donors (Lipinski definition) is 0. The molecule has 4 heteroatoms. The Morgan fingerprint density at radius 3 is 2.42 bits per heavy atom. The number of hydrogen-bond acceptors (Lipinski definition) is 3. The predicted molar refractivity (Wildman–Crippen MR) is 146 cm³/mol. The van der Waals surface area contributed by atoms with Gasteiger partial charge in [-0.25, -0.2) is 0 Å². The third-order valence-electron chi connectivity index (χ3n) is 6.09. The molecular formula is C32H33NO3. The quantitative estimate of drug-likeness (QED) is 0.193. The smallest absolute Gasteiger partial charge is 0.185 e. The van der Waals surface area contributed by atoms with Crippen LogP contribution in [0.2, 0.25) is 0 Å². The van der Waals surface area contributed by atoms with Crippen LogP contribution in [0.1, 0.15) is 53.4 Å². The molecule has 0 bridgehead atoms. The van der Waals surface area contributed by atoms with E-state index in [1.54, 1.807) is 13.2 Å². The predicted octanol–water partition coefficient (Wildman–Crippen LogP) is 7.57. The number of nitrogens with zero attached hydrogens (tertiary/aromatic N) is 1. The fourth-order valence-corrected chi connectivity index (χ4v) is 4.13. The summed E-state index contributed by atoms with van der Waals surface area (Å²) in [5.74, 6) is 1.58. The van der Waals surface area contributed by atoms with Crippen molar-refractivity contribution in [1.29, 1.82) is 0 Å². The van der Waals surface area contributed by atoms with Crippen LogP contribution in [0.25, 0.3) is 11.8 Å². The molecule has 0 N–H and O–H groups in total. The van der Waals surface area contributed by atoms with Gasteiger partial charge in [-0.2, -0.15) is 0 Å². The molecule has 0 atom stereocenters. The summed E-state index contributed by atoms with van der Waals surface area (Å²) in [4.78, 5) is 12.9. The molecular weight excluding hydrogens is 446 g/mol. The summed E-state index contributed by atoms with van der Waals surface area (Å²) in [6, 6.07) is 23.7. The molecule has 0 fully saturated rings. The van der Waals surface area contributed by atoms with Gasteiger partial charge in [-0.1, -0.05) is 57.2 Å². The molecule has 36 heavy (non-hydrogen) atoms. The van der Waals surface area contributed by atoms with Crippen molar-refractivity contribution in [2.75, 3.05) is 7.11 Å². The molecule has 0 aliphatic carbocycles. The molecule has 3 aromatic carbocycles. The molecule has 0 unspecified atom stereocenters. The first-order valence-corrected chi connectivity index (χ1v) is 12.1. The highest BCUT2D eigenvalue weighted by atomic mass is 16.5. The molecule has 0 spiro atoms. The van der Waals surface area contributed by atoms with E-state index in [2.05, 4.69) is 45.9 Å². The lowest BCUT2D eigenvalue weighted by molar-refractivity contribution is 0.104. The van der Waals surface area contributed by atoms with Crippen molar-refractivity contribution in [3.05, 3.63) is 119 Å². The van der Waals surface area contributed by atoms with Gasteiger partial charge in [0, 0.05) is 29.2 Å². The zero-order valence-electron chi connectivity index (χ0n) is 21.6. The van der Waals surface area contributed by atoms with E-state index >= 15 is 0 Å². The standard InChI is InChI=1S/C32H33NO3/c1-23-11-14-28(32(2,3)4)31(19-23)36-22-26-20-24(13-16-30(26)35-5)12-15-29(34)25-9-8-10-27(21-25)33-17-6-7-18-33/h6-21H,22H2,1-5H3/b15-12+. The van der Waals surface area contributed by atoms with E-state index in [0.29, 0.717) is 12.2 Å². The highest BCUT2D eigenvalue weighted by Crippen LogP contribution is 2.33. The average Bonchev–Trinajstić information content (AvgIpc) is 3.40. The maximum atomic E-state index is 12.9. The fourth-order valence-electron chi connectivity index (χ4n) is 4.13. The van der Waals surface area contributed by atoms with Gasteiger partial charge in [0.05, 0.1) is 7.11 Å². The molecule has 1 heterocycles. The van der Waals surface area contributed by atoms with E-state index < -0.39 is 0 Å². The Bertz CT molecular complexity index is 1380.